The maximum Gasteiger partial charge on any atom is 0.271 e. The summed E-state index contributed by atoms with van der Waals surface area (Å²) >= 11 is 6.27. The third-order valence-corrected chi connectivity index (χ3v) is 8.06. The van der Waals surface area contributed by atoms with Gasteiger partial charge in [0.25, 0.3) is 5.91 Å². The number of carbonyl (C=O) groups excluding carboxylic acids is 3. The van der Waals surface area contributed by atoms with E-state index in [1.807, 2.05) is 12.1 Å². The number of halogens is 1. The number of carbonyl (C=O) groups is 3. The minimum Gasteiger partial charge on any atom is -0.356 e. The number of hydrogen-bond acceptors (Lipinski definition) is 4. The number of aromatic nitrogens is 1. The zero-order valence-electron chi connectivity index (χ0n) is 18.5. The molecule has 2 saturated heterocycles. The lowest BCUT2D eigenvalue weighted by molar-refractivity contribution is -0.127. The van der Waals surface area contributed by atoms with Gasteiger partial charge in [-0.15, -0.1) is 0 Å². The number of nitriles is 1. The number of benzene rings is 1. The molecule has 33 heavy (non-hydrogen) atoms. The van der Waals surface area contributed by atoms with Crippen LogP contribution >= 0.6 is 11.6 Å². The molecule has 8 nitrogen and oxygen atoms in total. The molecule has 3 amide bonds. The highest BCUT2D eigenvalue weighted by molar-refractivity contribution is 6.35. The van der Waals surface area contributed by atoms with E-state index in [-0.39, 0.29) is 47.3 Å². The van der Waals surface area contributed by atoms with Crippen molar-refractivity contribution in [2.75, 3.05) is 13.1 Å². The van der Waals surface area contributed by atoms with Crippen molar-refractivity contribution in [3.63, 3.8) is 0 Å². The molecule has 0 radical (unpaired) electrons. The van der Waals surface area contributed by atoms with Crippen LogP contribution in [0, 0.1) is 34.5 Å². The molecule has 1 aromatic carbocycles. The number of nitrogens with zero attached hydrogens (tertiary/aromatic N) is 2. The van der Waals surface area contributed by atoms with Crippen LogP contribution in [0.5, 0.6) is 0 Å². The molecule has 5 rings (SSSR count). The number of nitrogens with one attached hydrogen (secondary N) is 3. The largest absolute Gasteiger partial charge is 0.356 e. The molecule has 3 fully saturated rings. The van der Waals surface area contributed by atoms with E-state index in [0.29, 0.717) is 30.2 Å². The van der Waals surface area contributed by atoms with Crippen LogP contribution in [0.4, 0.5) is 0 Å². The predicted octanol–water partition coefficient (Wildman–Crippen LogP) is 2.45. The Kier molecular flexibility index (Phi) is 5.13. The summed E-state index contributed by atoms with van der Waals surface area (Å²) < 4.78 is 0. The van der Waals surface area contributed by atoms with E-state index in [0.717, 1.165) is 10.9 Å². The quantitative estimate of drug-likeness (QED) is 0.625. The molecular formula is C24H26ClN5O3. The molecule has 172 valence electrons. The second kappa shape index (κ2) is 7.77. The lowest BCUT2D eigenvalue weighted by Crippen LogP contribution is -2.52. The average molecular weight is 468 g/mol. The predicted molar refractivity (Wildman–Crippen MR) is 122 cm³/mol. The fourth-order valence-corrected chi connectivity index (χ4v) is 5.97. The second-order valence-electron chi connectivity index (χ2n) is 9.94. The summed E-state index contributed by atoms with van der Waals surface area (Å²) in [5.41, 5.74) is 1.10. The molecule has 1 aromatic heterocycles. The van der Waals surface area contributed by atoms with Gasteiger partial charge in [-0.05, 0) is 48.3 Å². The molecule has 2 aromatic rings. The molecule has 5 atom stereocenters. The highest BCUT2D eigenvalue weighted by atomic mass is 35.5. The highest BCUT2D eigenvalue weighted by Crippen LogP contribution is 2.65. The first-order chi connectivity index (χ1) is 15.7. The first kappa shape index (κ1) is 21.8. The van der Waals surface area contributed by atoms with Crippen LogP contribution in [0.1, 0.15) is 37.2 Å². The van der Waals surface area contributed by atoms with Crippen LogP contribution in [-0.2, 0) is 9.59 Å². The Labute approximate surface area is 196 Å². The minimum atomic E-state index is -0.781. The third-order valence-electron chi connectivity index (χ3n) is 7.73. The fraction of sp³-hybridized carbons (Fsp3) is 0.500. The van der Waals surface area contributed by atoms with Gasteiger partial charge in [0, 0.05) is 34.9 Å². The molecule has 9 heteroatoms. The van der Waals surface area contributed by atoms with E-state index in [9.17, 15) is 19.6 Å². The summed E-state index contributed by atoms with van der Waals surface area (Å²) in [7, 11) is 0. The van der Waals surface area contributed by atoms with Crippen molar-refractivity contribution in [2.24, 2.45) is 23.2 Å². The van der Waals surface area contributed by atoms with Gasteiger partial charge in [-0.3, -0.25) is 14.4 Å². The summed E-state index contributed by atoms with van der Waals surface area (Å²) in [4.78, 5) is 43.5. The van der Waals surface area contributed by atoms with Crippen LogP contribution in [0.15, 0.2) is 24.3 Å². The average Bonchev–Trinajstić information content (AvgIpc) is 3.30. The highest BCUT2D eigenvalue weighted by Gasteiger charge is 2.69. The van der Waals surface area contributed by atoms with Crippen molar-refractivity contribution < 1.29 is 14.4 Å². The van der Waals surface area contributed by atoms with Crippen molar-refractivity contribution >= 4 is 40.2 Å². The maximum atomic E-state index is 13.5. The number of likely N-dealkylation sites (tertiary alicyclic amines) is 1. The number of H-pyrrole nitrogens is 1. The fourth-order valence-electron chi connectivity index (χ4n) is 5.74. The second-order valence-corrected chi connectivity index (χ2v) is 10.3. The van der Waals surface area contributed by atoms with Gasteiger partial charge < -0.3 is 20.5 Å². The smallest absolute Gasteiger partial charge is 0.271 e. The molecule has 0 bridgehead atoms. The van der Waals surface area contributed by atoms with Gasteiger partial charge in [0.15, 0.2) is 0 Å². The van der Waals surface area contributed by atoms with Crippen molar-refractivity contribution in [3.8, 4) is 6.07 Å². The van der Waals surface area contributed by atoms with Crippen LogP contribution in [0.2, 0.25) is 5.02 Å². The number of amides is 3. The first-order valence-electron chi connectivity index (χ1n) is 11.3. The Balaban J connectivity index is 1.37. The molecule has 1 saturated carbocycles. The Hall–Kier alpha value is -3.05. The molecule has 3 heterocycles. The van der Waals surface area contributed by atoms with E-state index in [1.165, 1.54) is 0 Å². The molecule has 0 unspecified atom stereocenters. The summed E-state index contributed by atoms with van der Waals surface area (Å²) in [6.07, 6.45) is 0.925. The lowest BCUT2D eigenvalue weighted by atomic mass is 9.97. The van der Waals surface area contributed by atoms with Gasteiger partial charge in [-0.25, -0.2) is 0 Å². The summed E-state index contributed by atoms with van der Waals surface area (Å²) in [5.74, 6) is -0.690. The van der Waals surface area contributed by atoms with Crippen molar-refractivity contribution in [2.45, 2.75) is 38.8 Å². The Morgan fingerprint density at radius 1 is 1.39 bits per heavy atom. The zero-order chi connectivity index (χ0) is 23.5. The maximum absolute atomic E-state index is 13.5. The van der Waals surface area contributed by atoms with Gasteiger partial charge in [0.05, 0.1) is 6.07 Å². The van der Waals surface area contributed by atoms with Gasteiger partial charge in [0.1, 0.15) is 17.8 Å². The van der Waals surface area contributed by atoms with Crippen molar-refractivity contribution in [1.82, 2.24) is 20.5 Å². The Morgan fingerprint density at radius 2 is 2.18 bits per heavy atom. The summed E-state index contributed by atoms with van der Waals surface area (Å²) in [6, 6.07) is 7.83. The Bertz CT molecular complexity index is 1200. The number of piperidine rings is 1. The molecule has 0 spiro atoms. The molecule has 2 aliphatic heterocycles. The monoisotopic (exact) mass is 467 g/mol. The number of rotatable bonds is 5. The summed E-state index contributed by atoms with van der Waals surface area (Å²) in [6.45, 7) is 5.29. The Morgan fingerprint density at radius 3 is 2.85 bits per heavy atom. The van der Waals surface area contributed by atoms with Gasteiger partial charge >= 0.3 is 0 Å². The van der Waals surface area contributed by atoms with Crippen LogP contribution in [0.25, 0.3) is 10.9 Å². The van der Waals surface area contributed by atoms with E-state index < -0.39 is 12.1 Å². The van der Waals surface area contributed by atoms with Crippen LogP contribution in [-0.4, -0.2) is 52.8 Å². The number of aromatic amines is 1. The minimum absolute atomic E-state index is 0.0311. The van der Waals surface area contributed by atoms with E-state index in [4.69, 9.17) is 11.6 Å². The SMILES string of the molecule is CC1(C)[C@@H]2[C@@H](C(=O)N[C@H](C#N)C[C@@H]3CCNC3=O)N(C(=O)c3cc4c(Cl)cccc4[nH]3)C[C@@H]21. The van der Waals surface area contributed by atoms with Crippen molar-refractivity contribution in [1.29, 1.82) is 5.26 Å². The third kappa shape index (κ3) is 3.55. The lowest BCUT2D eigenvalue weighted by Gasteiger charge is -2.30. The first-order valence-corrected chi connectivity index (χ1v) is 11.7. The normalized spacial score (nSPS) is 28.2. The standard InChI is InChI=1S/C24H26ClN5O3/c1-24(2)15-11-30(23(33)18-9-14-16(25)4-3-5-17(14)29-18)20(19(15)24)22(32)28-13(10-26)8-12-6-7-27-21(12)31/h3-5,9,12-13,15,19-20,29H,6-8,11H2,1-2H3,(H,27,31)(H,28,32)/t12-,13-,15-,19-,20-/m0/s1. The van der Waals surface area contributed by atoms with Crippen molar-refractivity contribution in [3.05, 3.63) is 35.0 Å². The van der Waals surface area contributed by atoms with E-state index in [2.05, 4.69) is 35.5 Å². The van der Waals surface area contributed by atoms with Crippen LogP contribution < -0.4 is 10.6 Å². The zero-order valence-corrected chi connectivity index (χ0v) is 19.3. The van der Waals surface area contributed by atoms with Gasteiger partial charge in [-0.2, -0.15) is 5.26 Å². The number of fused-ring (bicyclic) bond motifs is 2. The molecular weight excluding hydrogens is 442 g/mol. The molecule has 3 aliphatic rings. The van der Waals surface area contributed by atoms with E-state index >= 15 is 0 Å². The molecule has 3 N–H and O–H groups in total. The number of hydrogen-bond donors (Lipinski definition) is 3. The molecule has 1 aliphatic carbocycles. The summed E-state index contributed by atoms with van der Waals surface area (Å²) in [5, 5.41) is 16.5. The van der Waals surface area contributed by atoms with E-state index in [1.54, 1.807) is 17.0 Å². The topological polar surface area (TPSA) is 118 Å². The van der Waals surface area contributed by atoms with Gasteiger partial charge in [0.2, 0.25) is 11.8 Å². The van der Waals surface area contributed by atoms with Crippen LogP contribution in [0.3, 0.4) is 0 Å². The van der Waals surface area contributed by atoms with Gasteiger partial charge in [-0.1, -0.05) is 31.5 Å².